The van der Waals surface area contributed by atoms with Crippen LogP contribution in [-0.4, -0.2) is 16.8 Å². The average Bonchev–Trinajstić information content (AvgIpc) is 2.99. The van der Waals surface area contributed by atoms with E-state index in [4.69, 9.17) is 0 Å². The van der Waals surface area contributed by atoms with Crippen LogP contribution in [0.3, 0.4) is 0 Å². The summed E-state index contributed by atoms with van der Waals surface area (Å²) >= 11 is 0. The van der Waals surface area contributed by atoms with Gasteiger partial charge in [0.2, 0.25) is 0 Å². The molecule has 1 saturated heterocycles. The standard InChI is InChI=1S/C24H17F2NO3/c1-14-6-2-5-9-19(14)27-21(17-7-3-4-8-18(17)26)20(23(29)24(27)30)22(28)15-10-12-16(25)13-11-15/h2-13,21,28H,1H3/b22-20+. The van der Waals surface area contributed by atoms with Crippen LogP contribution in [0.5, 0.6) is 0 Å². The van der Waals surface area contributed by atoms with Crippen LogP contribution in [0.4, 0.5) is 14.5 Å². The number of anilines is 1. The summed E-state index contributed by atoms with van der Waals surface area (Å²) in [6.07, 6.45) is 0. The smallest absolute Gasteiger partial charge is 0.300 e. The predicted molar refractivity (Wildman–Crippen MR) is 109 cm³/mol. The van der Waals surface area contributed by atoms with Crippen LogP contribution in [0.25, 0.3) is 5.76 Å². The number of ketones is 1. The number of aliphatic hydroxyl groups excluding tert-OH is 1. The molecule has 1 heterocycles. The molecule has 0 saturated carbocycles. The second-order valence-electron chi connectivity index (χ2n) is 6.98. The van der Waals surface area contributed by atoms with Crippen molar-refractivity contribution in [1.82, 2.24) is 0 Å². The molecule has 1 amide bonds. The number of benzene rings is 3. The van der Waals surface area contributed by atoms with Crippen LogP contribution in [-0.2, 0) is 9.59 Å². The first kappa shape index (κ1) is 19.5. The van der Waals surface area contributed by atoms with E-state index in [1.165, 1.54) is 35.2 Å². The minimum absolute atomic E-state index is 0.0728. The van der Waals surface area contributed by atoms with Gasteiger partial charge in [0, 0.05) is 16.8 Å². The number of hydrogen-bond acceptors (Lipinski definition) is 3. The van der Waals surface area contributed by atoms with Gasteiger partial charge in [0.25, 0.3) is 11.7 Å². The number of Topliss-reactive ketones (excluding diaryl/α,β-unsaturated/α-hetero) is 1. The van der Waals surface area contributed by atoms with Gasteiger partial charge in [-0.25, -0.2) is 8.78 Å². The number of aryl methyl sites for hydroxylation is 1. The topological polar surface area (TPSA) is 57.6 Å². The van der Waals surface area contributed by atoms with Crippen molar-refractivity contribution < 1.29 is 23.5 Å². The molecular weight excluding hydrogens is 388 g/mol. The molecule has 1 fully saturated rings. The van der Waals surface area contributed by atoms with E-state index in [0.717, 1.165) is 12.1 Å². The van der Waals surface area contributed by atoms with Crippen molar-refractivity contribution >= 4 is 23.1 Å². The molecule has 30 heavy (non-hydrogen) atoms. The molecule has 4 rings (SSSR count). The number of amides is 1. The molecule has 4 nitrogen and oxygen atoms in total. The number of para-hydroxylation sites is 1. The Labute approximate surface area is 171 Å². The van der Waals surface area contributed by atoms with Gasteiger partial charge in [0.15, 0.2) is 0 Å². The molecule has 150 valence electrons. The lowest BCUT2D eigenvalue weighted by atomic mass is 9.94. The van der Waals surface area contributed by atoms with E-state index in [0.29, 0.717) is 11.3 Å². The van der Waals surface area contributed by atoms with Crippen LogP contribution >= 0.6 is 0 Å². The van der Waals surface area contributed by atoms with Gasteiger partial charge >= 0.3 is 0 Å². The van der Waals surface area contributed by atoms with Crippen molar-refractivity contribution in [3.05, 3.63) is 107 Å². The Morgan fingerprint density at radius 3 is 2.20 bits per heavy atom. The normalized spacial score (nSPS) is 18.1. The van der Waals surface area contributed by atoms with Gasteiger partial charge < -0.3 is 5.11 Å². The molecule has 0 spiro atoms. The third kappa shape index (κ3) is 3.16. The summed E-state index contributed by atoms with van der Waals surface area (Å²) < 4.78 is 28.1. The molecule has 6 heteroatoms. The lowest BCUT2D eigenvalue weighted by Gasteiger charge is -2.27. The van der Waals surface area contributed by atoms with Gasteiger partial charge in [0.05, 0.1) is 11.6 Å². The fourth-order valence-corrected chi connectivity index (χ4v) is 3.67. The maximum Gasteiger partial charge on any atom is 0.300 e. The number of rotatable bonds is 3. The minimum atomic E-state index is -1.17. The van der Waals surface area contributed by atoms with Gasteiger partial charge in [-0.1, -0.05) is 36.4 Å². The first-order chi connectivity index (χ1) is 14.4. The Morgan fingerprint density at radius 2 is 1.53 bits per heavy atom. The van der Waals surface area contributed by atoms with Gasteiger partial charge in [-0.3, -0.25) is 14.5 Å². The monoisotopic (exact) mass is 405 g/mol. The maximum atomic E-state index is 14.8. The van der Waals surface area contributed by atoms with Crippen LogP contribution < -0.4 is 4.90 Å². The summed E-state index contributed by atoms with van der Waals surface area (Å²) in [6.45, 7) is 1.77. The van der Waals surface area contributed by atoms with Crippen molar-refractivity contribution in [1.29, 1.82) is 0 Å². The highest BCUT2D eigenvalue weighted by molar-refractivity contribution is 6.51. The first-order valence-electron chi connectivity index (χ1n) is 9.27. The summed E-state index contributed by atoms with van der Waals surface area (Å²) in [5, 5.41) is 10.9. The predicted octanol–water partition coefficient (Wildman–Crippen LogP) is 4.90. The van der Waals surface area contributed by atoms with Crippen LogP contribution in [0.15, 0.2) is 78.4 Å². The highest BCUT2D eigenvalue weighted by Crippen LogP contribution is 2.43. The molecule has 3 aromatic rings. The largest absolute Gasteiger partial charge is 0.507 e. The molecule has 1 unspecified atom stereocenters. The van der Waals surface area contributed by atoms with Gasteiger partial charge in [0.1, 0.15) is 17.4 Å². The van der Waals surface area contributed by atoms with E-state index in [-0.39, 0.29) is 16.7 Å². The minimum Gasteiger partial charge on any atom is -0.507 e. The fourth-order valence-electron chi connectivity index (χ4n) is 3.67. The summed E-state index contributed by atoms with van der Waals surface area (Å²) in [6, 6.07) is 16.4. The Bertz CT molecular complexity index is 1190. The second kappa shape index (κ2) is 7.55. The molecule has 0 aromatic heterocycles. The van der Waals surface area contributed by atoms with E-state index in [9.17, 15) is 23.5 Å². The number of halogens is 2. The Morgan fingerprint density at radius 1 is 0.900 bits per heavy atom. The lowest BCUT2D eigenvalue weighted by molar-refractivity contribution is -0.132. The number of carbonyl (C=O) groups excluding carboxylic acids is 2. The second-order valence-corrected chi connectivity index (χ2v) is 6.98. The molecular formula is C24H17F2NO3. The molecule has 0 aliphatic carbocycles. The van der Waals surface area contributed by atoms with Gasteiger partial charge in [-0.05, 0) is 48.9 Å². The van der Waals surface area contributed by atoms with E-state index in [2.05, 4.69) is 0 Å². The molecule has 3 aromatic carbocycles. The quantitative estimate of drug-likeness (QED) is 0.383. The molecule has 1 aliphatic rings. The zero-order valence-corrected chi connectivity index (χ0v) is 16.0. The molecule has 0 radical (unpaired) electrons. The fraction of sp³-hybridized carbons (Fsp3) is 0.0833. The Balaban J connectivity index is 1.99. The van der Waals surface area contributed by atoms with Gasteiger partial charge in [-0.2, -0.15) is 0 Å². The van der Waals surface area contributed by atoms with E-state index < -0.39 is 35.1 Å². The highest BCUT2D eigenvalue weighted by Gasteiger charge is 2.48. The molecule has 1 atom stereocenters. The molecule has 1 N–H and O–H groups in total. The van der Waals surface area contributed by atoms with Crippen molar-refractivity contribution in [3.8, 4) is 0 Å². The third-order valence-corrected chi connectivity index (χ3v) is 5.14. The average molecular weight is 405 g/mol. The SMILES string of the molecule is Cc1ccccc1N1C(=O)C(=O)/C(=C(/O)c2ccc(F)cc2)C1c1ccccc1F. The van der Waals surface area contributed by atoms with E-state index in [1.54, 1.807) is 37.3 Å². The van der Waals surface area contributed by atoms with Crippen LogP contribution in [0, 0.1) is 18.6 Å². The number of hydrogen-bond donors (Lipinski definition) is 1. The van der Waals surface area contributed by atoms with Crippen molar-refractivity contribution in [2.45, 2.75) is 13.0 Å². The molecule has 0 bridgehead atoms. The third-order valence-electron chi connectivity index (χ3n) is 5.14. The first-order valence-corrected chi connectivity index (χ1v) is 9.27. The van der Waals surface area contributed by atoms with Crippen LogP contribution in [0.2, 0.25) is 0 Å². The van der Waals surface area contributed by atoms with Crippen molar-refractivity contribution in [2.24, 2.45) is 0 Å². The maximum absolute atomic E-state index is 14.8. The summed E-state index contributed by atoms with van der Waals surface area (Å²) in [7, 11) is 0. The summed E-state index contributed by atoms with van der Waals surface area (Å²) in [5.41, 5.74) is 1.12. The molecule has 1 aliphatic heterocycles. The zero-order chi connectivity index (χ0) is 21.4. The van der Waals surface area contributed by atoms with E-state index in [1.807, 2.05) is 0 Å². The Kier molecular flexibility index (Phi) is 4.91. The zero-order valence-electron chi connectivity index (χ0n) is 16.0. The van der Waals surface area contributed by atoms with Crippen LogP contribution in [0.1, 0.15) is 22.7 Å². The Hall–Kier alpha value is -3.80. The van der Waals surface area contributed by atoms with Crippen molar-refractivity contribution in [2.75, 3.05) is 4.90 Å². The summed E-state index contributed by atoms with van der Waals surface area (Å²) in [4.78, 5) is 27.2. The number of nitrogens with zero attached hydrogens (tertiary/aromatic N) is 1. The van der Waals surface area contributed by atoms with Crippen molar-refractivity contribution in [3.63, 3.8) is 0 Å². The lowest BCUT2D eigenvalue weighted by Crippen LogP contribution is -2.30. The highest BCUT2D eigenvalue weighted by atomic mass is 19.1. The number of carbonyl (C=O) groups is 2. The van der Waals surface area contributed by atoms with Gasteiger partial charge in [-0.15, -0.1) is 0 Å². The summed E-state index contributed by atoms with van der Waals surface area (Å²) in [5.74, 6) is -3.43. The van der Waals surface area contributed by atoms with E-state index >= 15 is 0 Å². The number of aliphatic hydroxyl groups is 1.